The second-order valence-corrected chi connectivity index (χ2v) is 14.0. The van der Waals surface area contributed by atoms with Crippen LogP contribution in [0.3, 0.4) is 0 Å². The van der Waals surface area contributed by atoms with E-state index in [1.54, 1.807) is 0 Å². The molecule has 0 N–H and O–H groups in total. The first-order valence-corrected chi connectivity index (χ1v) is 18.7. The average molecular weight is 718 g/mol. The topological polar surface area (TPSA) is 38.7 Å². The van der Waals surface area contributed by atoms with Gasteiger partial charge >= 0.3 is 0 Å². The molecule has 1 aliphatic carbocycles. The molecule has 3 heteroatoms. The molecule has 0 bridgehead atoms. The van der Waals surface area contributed by atoms with Crippen LogP contribution in [0.4, 0.5) is 0 Å². The third-order valence-electron chi connectivity index (χ3n) is 10.6. The van der Waals surface area contributed by atoms with Gasteiger partial charge in [-0.2, -0.15) is 0 Å². The molecular weight excluding hydrogens is 679 g/mol. The van der Waals surface area contributed by atoms with E-state index >= 15 is 0 Å². The van der Waals surface area contributed by atoms with Crippen LogP contribution in [0.5, 0.6) is 0 Å². The van der Waals surface area contributed by atoms with Gasteiger partial charge in [0.2, 0.25) is 0 Å². The maximum absolute atomic E-state index is 5.04. The molecule has 0 amide bonds. The molecule has 266 valence electrons. The minimum Gasteiger partial charge on any atom is -0.208 e. The molecule has 10 rings (SSSR count). The molecule has 3 nitrogen and oxygen atoms in total. The van der Waals surface area contributed by atoms with E-state index < -0.39 is 0 Å². The van der Waals surface area contributed by atoms with Crippen molar-refractivity contribution in [1.82, 2.24) is 15.0 Å². The first-order valence-electron chi connectivity index (χ1n) is 18.7. The number of benzene rings is 8. The number of nitrogens with zero attached hydrogens (tertiary/aromatic N) is 3. The predicted octanol–water partition coefficient (Wildman–Crippen LogP) is 13.7. The molecule has 8 aromatic carbocycles. The number of fused-ring (bicyclic) bond motifs is 3. The van der Waals surface area contributed by atoms with Gasteiger partial charge in [-0.05, 0) is 85.3 Å². The molecule has 9 aromatic rings. The fraction of sp³-hybridized carbons (Fsp3) is 0.0377. The highest BCUT2D eigenvalue weighted by atomic mass is 15.0. The van der Waals surface area contributed by atoms with Crippen molar-refractivity contribution in [3.63, 3.8) is 0 Å². The molecule has 56 heavy (non-hydrogen) atoms. The van der Waals surface area contributed by atoms with Gasteiger partial charge in [0.25, 0.3) is 0 Å². The van der Waals surface area contributed by atoms with Gasteiger partial charge in [-0.3, -0.25) is 0 Å². The Morgan fingerprint density at radius 2 is 0.589 bits per heavy atom. The SMILES string of the molecule is C.c1ccc(-c2cccc(-c3nc(-c4ccccc4)nc(-c4ccc(-c5cccc(-c6cccc7c6Cc6c(-c8ccccc8)cccc6-7)c5)cc4)n3)c2)cc1. The number of aromatic nitrogens is 3. The fourth-order valence-corrected chi connectivity index (χ4v) is 7.89. The molecule has 0 radical (unpaired) electrons. The Kier molecular flexibility index (Phi) is 9.18. The zero-order chi connectivity index (χ0) is 36.6. The number of rotatable bonds is 7. The molecule has 1 heterocycles. The summed E-state index contributed by atoms with van der Waals surface area (Å²) in [5.41, 5.74) is 18.0. The van der Waals surface area contributed by atoms with Crippen molar-refractivity contribution < 1.29 is 0 Å². The van der Waals surface area contributed by atoms with Crippen LogP contribution in [0.1, 0.15) is 18.6 Å². The van der Waals surface area contributed by atoms with Gasteiger partial charge in [0.05, 0.1) is 0 Å². The van der Waals surface area contributed by atoms with Gasteiger partial charge in [0.1, 0.15) is 0 Å². The van der Waals surface area contributed by atoms with Crippen LogP contribution in [0, 0.1) is 0 Å². The maximum atomic E-state index is 5.04. The molecule has 0 aliphatic heterocycles. The second kappa shape index (κ2) is 14.9. The third-order valence-corrected chi connectivity index (χ3v) is 10.6. The van der Waals surface area contributed by atoms with Crippen molar-refractivity contribution >= 4 is 0 Å². The van der Waals surface area contributed by atoms with E-state index in [0.717, 1.165) is 39.8 Å². The lowest BCUT2D eigenvalue weighted by atomic mass is 9.93. The van der Waals surface area contributed by atoms with Crippen molar-refractivity contribution in [3.8, 4) is 89.8 Å². The molecule has 1 aromatic heterocycles. The van der Waals surface area contributed by atoms with E-state index in [0.29, 0.717) is 17.5 Å². The summed E-state index contributed by atoms with van der Waals surface area (Å²) >= 11 is 0. The normalized spacial score (nSPS) is 11.4. The first kappa shape index (κ1) is 34.5. The highest BCUT2D eigenvalue weighted by molar-refractivity contribution is 5.90. The third kappa shape index (κ3) is 6.50. The summed E-state index contributed by atoms with van der Waals surface area (Å²) in [6, 6.07) is 70.7. The van der Waals surface area contributed by atoms with Crippen LogP contribution in [-0.4, -0.2) is 15.0 Å². The zero-order valence-electron chi connectivity index (χ0n) is 30.1. The van der Waals surface area contributed by atoms with Crippen LogP contribution in [0.25, 0.3) is 89.8 Å². The van der Waals surface area contributed by atoms with Crippen molar-refractivity contribution in [1.29, 1.82) is 0 Å². The quantitative estimate of drug-likeness (QED) is 0.165. The smallest absolute Gasteiger partial charge is 0.164 e. The molecular formula is C53H39N3. The standard InChI is InChI=1S/C52H35N3.CH4/c1-4-14-35(15-5-1)41-21-11-23-43(33-41)52-54-50(38-18-8-3-9-19-38)53-51(55-52)39-30-28-36(29-31-39)40-20-10-22-42(32-40)45-25-13-27-47-46-26-12-24-44(48(46)34-49(45)47)37-16-6-2-7-17-37;/h1-33H,34H2;1H4. The average Bonchev–Trinajstić information content (AvgIpc) is 3.67. The van der Waals surface area contributed by atoms with Crippen LogP contribution in [0.15, 0.2) is 200 Å². The molecule has 0 atom stereocenters. The van der Waals surface area contributed by atoms with Gasteiger partial charge < -0.3 is 0 Å². The van der Waals surface area contributed by atoms with Gasteiger partial charge in [-0.15, -0.1) is 0 Å². The van der Waals surface area contributed by atoms with Crippen molar-refractivity contribution in [2.45, 2.75) is 13.8 Å². The number of hydrogen-bond acceptors (Lipinski definition) is 3. The first-order chi connectivity index (χ1) is 27.2. The van der Waals surface area contributed by atoms with Crippen molar-refractivity contribution in [2.24, 2.45) is 0 Å². The van der Waals surface area contributed by atoms with E-state index in [1.165, 1.54) is 50.1 Å². The number of hydrogen-bond donors (Lipinski definition) is 0. The Morgan fingerprint density at radius 3 is 1.16 bits per heavy atom. The summed E-state index contributed by atoms with van der Waals surface area (Å²) < 4.78 is 0. The summed E-state index contributed by atoms with van der Waals surface area (Å²) in [5, 5.41) is 0. The Labute approximate surface area is 328 Å². The molecule has 0 saturated heterocycles. The Bertz CT molecular complexity index is 2810. The van der Waals surface area contributed by atoms with Crippen LogP contribution < -0.4 is 0 Å². The summed E-state index contributed by atoms with van der Waals surface area (Å²) in [5.74, 6) is 1.94. The van der Waals surface area contributed by atoms with E-state index in [2.05, 4.69) is 164 Å². The molecule has 0 spiro atoms. The van der Waals surface area contributed by atoms with Crippen LogP contribution >= 0.6 is 0 Å². The highest BCUT2D eigenvalue weighted by Gasteiger charge is 2.24. The van der Waals surface area contributed by atoms with E-state index in [1.807, 2.05) is 36.4 Å². The van der Waals surface area contributed by atoms with Gasteiger partial charge in [-0.1, -0.05) is 195 Å². The second-order valence-electron chi connectivity index (χ2n) is 14.0. The lowest BCUT2D eigenvalue weighted by molar-refractivity contribution is 1.07. The van der Waals surface area contributed by atoms with Gasteiger partial charge in [0.15, 0.2) is 17.5 Å². The predicted molar refractivity (Wildman–Crippen MR) is 233 cm³/mol. The summed E-state index contributed by atoms with van der Waals surface area (Å²) in [6.45, 7) is 0. The lowest BCUT2D eigenvalue weighted by Gasteiger charge is -2.12. The zero-order valence-corrected chi connectivity index (χ0v) is 30.1. The maximum Gasteiger partial charge on any atom is 0.164 e. The fourth-order valence-electron chi connectivity index (χ4n) is 7.89. The van der Waals surface area contributed by atoms with E-state index in [9.17, 15) is 0 Å². The van der Waals surface area contributed by atoms with Crippen molar-refractivity contribution in [3.05, 3.63) is 211 Å². The van der Waals surface area contributed by atoms with Crippen LogP contribution in [0.2, 0.25) is 0 Å². The summed E-state index contributed by atoms with van der Waals surface area (Å²) in [4.78, 5) is 15.0. The minimum absolute atomic E-state index is 0. The monoisotopic (exact) mass is 717 g/mol. The van der Waals surface area contributed by atoms with Crippen LogP contribution in [-0.2, 0) is 6.42 Å². The van der Waals surface area contributed by atoms with Gasteiger partial charge in [0, 0.05) is 16.7 Å². The molecule has 0 saturated carbocycles. The minimum atomic E-state index is 0. The van der Waals surface area contributed by atoms with E-state index in [-0.39, 0.29) is 7.43 Å². The van der Waals surface area contributed by atoms with Crippen molar-refractivity contribution in [2.75, 3.05) is 0 Å². The molecule has 0 fully saturated rings. The summed E-state index contributed by atoms with van der Waals surface area (Å²) in [6.07, 6.45) is 0.917. The summed E-state index contributed by atoms with van der Waals surface area (Å²) in [7, 11) is 0. The van der Waals surface area contributed by atoms with E-state index in [4.69, 9.17) is 15.0 Å². The molecule has 0 unspecified atom stereocenters. The van der Waals surface area contributed by atoms with Gasteiger partial charge in [-0.25, -0.2) is 15.0 Å². The highest BCUT2D eigenvalue weighted by Crippen LogP contribution is 2.45. The molecule has 1 aliphatic rings. The Morgan fingerprint density at radius 1 is 0.250 bits per heavy atom. The largest absolute Gasteiger partial charge is 0.208 e. The Hall–Kier alpha value is -7.23. The Balaban J connectivity index is 0.00000410. The lowest BCUT2D eigenvalue weighted by Crippen LogP contribution is -2.00.